The van der Waals surface area contributed by atoms with Crippen LogP contribution in [-0.4, -0.2) is 25.9 Å². The molecule has 32 heavy (non-hydrogen) atoms. The molecule has 0 bridgehead atoms. The fourth-order valence-electron chi connectivity index (χ4n) is 4.44. The highest BCUT2D eigenvalue weighted by atomic mass is 35.5. The number of halogens is 1. The second-order valence-corrected chi connectivity index (χ2v) is 8.64. The van der Waals surface area contributed by atoms with E-state index in [0.717, 1.165) is 49.2 Å². The molecule has 0 N–H and O–H groups in total. The molecule has 5 heteroatoms. The minimum absolute atomic E-state index is 0.383. The van der Waals surface area contributed by atoms with Crippen molar-refractivity contribution in [3.63, 3.8) is 0 Å². The van der Waals surface area contributed by atoms with Crippen molar-refractivity contribution < 1.29 is 0 Å². The van der Waals surface area contributed by atoms with Gasteiger partial charge in [0.05, 0.1) is 0 Å². The van der Waals surface area contributed by atoms with Crippen molar-refractivity contribution in [2.45, 2.75) is 38.4 Å². The van der Waals surface area contributed by atoms with Gasteiger partial charge >= 0.3 is 0 Å². The van der Waals surface area contributed by atoms with Crippen molar-refractivity contribution in [2.24, 2.45) is 0 Å². The zero-order valence-corrected chi connectivity index (χ0v) is 18.6. The van der Waals surface area contributed by atoms with Crippen LogP contribution in [0.25, 0.3) is 11.4 Å². The zero-order chi connectivity index (χ0) is 21.8. The molecule has 2 heterocycles. The Morgan fingerprint density at radius 3 is 2.16 bits per heavy atom. The highest BCUT2D eigenvalue weighted by molar-refractivity contribution is 6.30. The lowest BCUT2D eigenvalue weighted by molar-refractivity contribution is 0.161. The van der Waals surface area contributed by atoms with Crippen LogP contribution in [0.1, 0.15) is 28.8 Å². The molecule has 0 saturated carbocycles. The summed E-state index contributed by atoms with van der Waals surface area (Å²) in [6.07, 6.45) is 6.34. The summed E-state index contributed by atoms with van der Waals surface area (Å²) in [5.41, 5.74) is 5.70. The Bertz CT molecular complexity index is 1120. The summed E-state index contributed by atoms with van der Waals surface area (Å²) in [6, 6.07) is 25.6. The van der Waals surface area contributed by atoms with Crippen molar-refractivity contribution in [1.82, 2.24) is 19.9 Å². The van der Waals surface area contributed by atoms with Gasteiger partial charge in [-0.25, -0.2) is 9.97 Å². The largest absolute Gasteiger partial charge is 0.292 e. The molecule has 5 rings (SSSR count). The molecule has 1 atom stereocenters. The minimum Gasteiger partial charge on any atom is -0.292 e. The van der Waals surface area contributed by atoms with E-state index in [1.54, 1.807) is 12.4 Å². The highest BCUT2D eigenvalue weighted by Crippen LogP contribution is 2.31. The molecule has 160 valence electrons. The number of rotatable bonds is 6. The molecule has 1 unspecified atom stereocenters. The van der Waals surface area contributed by atoms with E-state index in [9.17, 15) is 0 Å². The standard InChI is InChI=1S/C27H25ClN4/c28-26-24-16-23(13-14-25(24)30-27(31-26)22-12-7-15-29-17-22)32(18-20-8-3-1-4-9-20)19-21-10-5-2-6-11-21/h1-12,15,17,23H,13-14,16,18-19H2. The summed E-state index contributed by atoms with van der Waals surface area (Å²) in [5, 5.41) is 0.568. The van der Waals surface area contributed by atoms with Gasteiger partial charge in [-0.05, 0) is 42.5 Å². The fourth-order valence-corrected chi connectivity index (χ4v) is 4.70. The first-order valence-electron chi connectivity index (χ1n) is 11.0. The predicted molar refractivity (Wildman–Crippen MR) is 128 cm³/mol. The van der Waals surface area contributed by atoms with E-state index in [0.29, 0.717) is 17.0 Å². The van der Waals surface area contributed by atoms with Crippen molar-refractivity contribution in [2.75, 3.05) is 0 Å². The molecule has 1 aliphatic carbocycles. The molecule has 0 fully saturated rings. The van der Waals surface area contributed by atoms with Gasteiger partial charge in [0.15, 0.2) is 5.82 Å². The third-order valence-electron chi connectivity index (χ3n) is 6.09. The maximum Gasteiger partial charge on any atom is 0.162 e. The Morgan fingerprint density at radius 1 is 0.844 bits per heavy atom. The first kappa shape index (κ1) is 20.8. The third kappa shape index (κ3) is 4.72. The van der Waals surface area contributed by atoms with Gasteiger partial charge in [0.1, 0.15) is 5.15 Å². The Hall–Kier alpha value is -3.08. The van der Waals surface area contributed by atoms with Crippen LogP contribution in [0.2, 0.25) is 5.15 Å². The molecule has 4 aromatic rings. The first-order valence-corrected chi connectivity index (χ1v) is 11.4. The summed E-state index contributed by atoms with van der Waals surface area (Å²) in [7, 11) is 0. The van der Waals surface area contributed by atoms with Crippen LogP contribution in [0.3, 0.4) is 0 Å². The molecular weight excluding hydrogens is 416 g/mol. The smallest absolute Gasteiger partial charge is 0.162 e. The quantitative estimate of drug-likeness (QED) is 0.358. The van der Waals surface area contributed by atoms with Crippen LogP contribution >= 0.6 is 11.6 Å². The molecule has 0 radical (unpaired) electrons. The fraction of sp³-hybridized carbons (Fsp3) is 0.222. The van der Waals surface area contributed by atoms with Crippen LogP contribution in [0.15, 0.2) is 85.2 Å². The van der Waals surface area contributed by atoms with Crippen molar-refractivity contribution in [1.29, 1.82) is 0 Å². The number of nitrogens with zero attached hydrogens (tertiary/aromatic N) is 4. The highest BCUT2D eigenvalue weighted by Gasteiger charge is 2.28. The van der Waals surface area contributed by atoms with Gasteiger partial charge in [-0.1, -0.05) is 72.3 Å². The lowest BCUT2D eigenvalue weighted by atomic mass is 9.90. The second kappa shape index (κ2) is 9.60. The van der Waals surface area contributed by atoms with E-state index < -0.39 is 0 Å². The van der Waals surface area contributed by atoms with Gasteiger partial charge in [0.25, 0.3) is 0 Å². The van der Waals surface area contributed by atoms with Crippen molar-refractivity contribution in [3.05, 3.63) is 113 Å². The average molecular weight is 441 g/mol. The SMILES string of the molecule is Clc1nc(-c2cccnc2)nc2c1CC(N(Cc1ccccc1)Cc1ccccc1)CC2. The number of hydrogen-bond acceptors (Lipinski definition) is 4. The number of aromatic nitrogens is 3. The van der Waals surface area contributed by atoms with Gasteiger partial charge in [0, 0.05) is 48.3 Å². The Balaban J connectivity index is 1.42. The Morgan fingerprint density at radius 2 is 1.53 bits per heavy atom. The van der Waals surface area contributed by atoms with E-state index in [2.05, 4.69) is 75.5 Å². The van der Waals surface area contributed by atoms with Gasteiger partial charge < -0.3 is 0 Å². The number of fused-ring (bicyclic) bond motifs is 1. The minimum atomic E-state index is 0.383. The van der Waals surface area contributed by atoms with Crippen molar-refractivity contribution >= 4 is 11.6 Å². The van der Waals surface area contributed by atoms with E-state index >= 15 is 0 Å². The van der Waals surface area contributed by atoms with E-state index in [4.69, 9.17) is 16.6 Å². The topological polar surface area (TPSA) is 41.9 Å². The third-order valence-corrected chi connectivity index (χ3v) is 6.40. The lowest BCUT2D eigenvalue weighted by Gasteiger charge is -2.35. The molecule has 0 saturated heterocycles. The van der Waals surface area contributed by atoms with E-state index in [1.807, 2.05) is 12.1 Å². The summed E-state index contributed by atoms with van der Waals surface area (Å²) >= 11 is 6.70. The first-order chi connectivity index (χ1) is 15.8. The molecule has 4 nitrogen and oxygen atoms in total. The molecule has 0 aliphatic heterocycles. The number of pyridine rings is 1. The van der Waals surface area contributed by atoms with E-state index in [1.165, 1.54) is 11.1 Å². The Labute approximate surface area is 194 Å². The predicted octanol–water partition coefficient (Wildman–Crippen LogP) is 5.75. The van der Waals surface area contributed by atoms with Crippen LogP contribution in [-0.2, 0) is 25.9 Å². The van der Waals surface area contributed by atoms with Gasteiger partial charge in [-0.2, -0.15) is 0 Å². The molecule has 2 aromatic carbocycles. The van der Waals surface area contributed by atoms with Crippen LogP contribution in [0, 0.1) is 0 Å². The number of benzene rings is 2. The van der Waals surface area contributed by atoms with Crippen LogP contribution in [0.5, 0.6) is 0 Å². The average Bonchev–Trinajstić information content (AvgIpc) is 2.85. The molecule has 2 aromatic heterocycles. The second-order valence-electron chi connectivity index (χ2n) is 8.28. The maximum absolute atomic E-state index is 6.70. The van der Waals surface area contributed by atoms with Crippen LogP contribution < -0.4 is 0 Å². The Kier molecular flexibility index (Phi) is 6.24. The normalized spacial score (nSPS) is 15.5. The maximum atomic E-state index is 6.70. The summed E-state index contributed by atoms with van der Waals surface area (Å²) in [6.45, 7) is 1.81. The van der Waals surface area contributed by atoms with Gasteiger partial charge in [-0.3, -0.25) is 9.88 Å². The lowest BCUT2D eigenvalue weighted by Crippen LogP contribution is -2.39. The molecule has 0 amide bonds. The zero-order valence-electron chi connectivity index (χ0n) is 17.9. The summed E-state index contributed by atoms with van der Waals surface area (Å²) in [5.74, 6) is 0.658. The molecule has 0 spiro atoms. The summed E-state index contributed by atoms with van der Waals surface area (Å²) < 4.78 is 0. The monoisotopic (exact) mass is 440 g/mol. The number of aryl methyl sites for hydroxylation is 1. The molecular formula is C27H25ClN4. The van der Waals surface area contributed by atoms with Crippen molar-refractivity contribution in [3.8, 4) is 11.4 Å². The van der Waals surface area contributed by atoms with Gasteiger partial charge in [0.2, 0.25) is 0 Å². The van der Waals surface area contributed by atoms with Gasteiger partial charge in [-0.15, -0.1) is 0 Å². The molecule has 1 aliphatic rings. The summed E-state index contributed by atoms with van der Waals surface area (Å²) in [4.78, 5) is 16.2. The van der Waals surface area contributed by atoms with E-state index in [-0.39, 0.29) is 0 Å². The number of hydrogen-bond donors (Lipinski definition) is 0. The van der Waals surface area contributed by atoms with Crippen LogP contribution in [0.4, 0.5) is 0 Å².